The quantitative estimate of drug-likeness (QED) is 0.509. The Morgan fingerprint density at radius 3 is 2.52 bits per heavy atom. The number of hydrogen-bond donors (Lipinski definition) is 1. The van der Waals surface area contributed by atoms with E-state index in [-0.39, 0.29) is 11.8 Å². The van der Waals surface area contributed by atoms with Crippen LogP contribution < -0.4 is 10.2 Å². The predicted octanol–water partition coefficient (Wildman–Crippen LogP) is 5.62. The lowest BCUT2D eigenvalue weighted by atomic mass is 9.90. The van der Waals surface area contributed by atoms with Gasteiger partial charge in [0.2, 0.25) is 5.91 Å². The van der Waals surface area contributed by atoms with Crippen LogP contribution in [0, 0.1) is 17.6 Å². The number of carbonyl (C=O) groups excluding carboxylic acids is 1. The molecule has 1 heterocycles. The Hall–Kier alpha value is -1.89. The number of carbonyl (C=O) groups is 1. The molecule has 1 atom stereocenters. The number of piperidine rings is 1. The van der Waals surface area contributed by atoms with Crippen LogP contribution in [-0.4, -0.2) is 44.5 Å². The molecule has 1 aliphatic heterocycles. The molecule has 0 aliphatic carbocycles. The molecular weight excluding hydrogens is 443 g/mol. The summed E-state index contributed by atoms with van der Waals surface area (Å²) in [7, 11) is 4.05. The fraction of sp³-hybridized carbons (Fsp3) is 0.435. The molecule has 1 saturated heterocycles. The van der Waals surface area contributed by atoms with Crippen LogP contribution in [0.25, 0.3) is 0 Å². The van der Waals surface area contributed by atoms with E-state index in [1.807, 2.05) is 14.1 Å². The number of nitrogens with one attached hydrogen (secondary N) is 1. The van der Waals surface area contributed by atoms with Crippen LogP contribution in [0.4, 0.5) is 20.2 Å². The third kappa shape index (κ3) is 6.31. The van der Waals surface area contributed by atoms with Gasteiger partial charge in [0.25, 0.3) is 0 Å². The summed E-state index contributed by atoms with van der Waals surface area (Å²) in [6.45, 7) is 2.12. The molecule has 3 rings (SSSR count). The Kier molecular flexibility index (Phi) is 8.14. The van der Waals surface area contributed by atoms with Crippen molar-refractivity contribution in [1.29, 1.82) is 0 Å². The van der Waals surface area contributed by atoms with Gasteiger partial charge in [-0.1, -0.05) is 29.3 Å². The van der Waals surface area contributed by atoms with E-state index in [0.717, 1.165) is 31.3 Å². The first-order chi connectivity index (χ1) is 14.7. The molecule has 4 nitrogen and oxygen atoms in total. The van der Waals surface area contributed by atoms with Crippen molar-refractivity contribution in [2.24, 2.45) is 5.92 Å². The molecule has 0 radical (unpaired) electrons. The van der Waals surface area contributed by atoms with E-state index in [4.69, 9.17) is 23.2 Å². The number of benzene rings is 2. The van der Waals surface area contributed by atoms with Crippen molar-refractivity contribution in [2.45, 2.75) is 25.7 Å². The van der Waals surface area contributed by atoms with Crippen molar-refractivity contribution in [3.8, 4) is 0 Å². The summed E-state index contributed by atoms with van der Waals surface area (Å²) in [5.41, 5.74) is 1.72. The number of rotatable bonds is 8. The highest BCUT2D eigenvalue weighted by atomic mass is 35.5. The number of hydrogen-bond acceptors (Lipinski definition) is 3. The highest BCUT2D eigenvalue weighted by Crippen LogP contribution is 2.39. The molecule has 2 aromatic carbocycles. The molecule has 1 unspecified atom stereocenters. The van der Waals surface area contributed by atoms with Gasteiger partial charge in [0.05, 0.1) is 15.7 Å². The van der Waals surface area contributed by atoms with Gasteiger partial charge in [-0.25, -0.2) is 8.78 Å². The summed E-state index contributed by atoms with van der Waals surface area (Å²) in [6.07, 6.45) is 2.34. The first-order valence-electron chi connectivity index (χ1n) is 10.4. The minimum Gasteiger partial charge on any atom is -0.385 e. The van der Waals surface area contributed by atoms with E-state index in [0.29, 0.717) is 47.1 Å². The Labute approximate surface area is 192 Å². The molecule has 1 N–H and O–H groups in total. The molecule has 1 fully saturated rings. The van der Waals surface area contributed by atoms with E-state index in [2.05, 4.69) is 10.2 Å². The smallest absolute Gasteiger partial charge is 0.227 e. The molecule has 168 valence electrons. The zero-order valence-electron chi connectivity index (χ0n) is 17.7. The lowest BCUT2D eigenvalue weighted by molar-refractivity contribution is -0.120. The van der Waals surface area contributed by atoms with Crippen molar-refractivity contribution in [2.75, 3.05) is 43.9 Å². The van der Waals surface area contributed by atoms with Gasteiger partial charge in [0, 0.05) is 31.3 Å². The molecule has 2 aromatic rings. The maximum absolute atomic E-state index is 14.1. The Bertz CT molecular complexity index is 916. The fourth-order valence-corrected chi connectivity index (χ4v) is 4.54. The van der Waals surface area contributed by atoms with Crippen molar-refractivity contribution in [3.05, 3.63) is 57.6 Å². The average Bonchev–Trinajstić information content (AvgIpc) is 2.69. The van der Waals surface area contributed by atoms with E-state index in [1.54, 1.807) is 17.0 Å². The topological polar surface area (TPSA) is 35.6 Å². The summed E-state index contributed by atoms with van der Waals surface area (Å²) >= 11 is 13.0. The number of anilines is 2. The second kappa shape index (κ2) is 10.6. The van der Waals surface area contributed by atoms with E-state index >= 15 is 0 Å². The molecule has 0 saturated carbocycles. The number of halogens is 4. The SMILES string of the molecule is CN(C)CCCNc1cc(Cl)c(N2CC(Cc3ccc(F)cc3F)CCC2=O)c(Cl)c1. The minimum atomic E-state index is -0.601. The van der Waals surface area contributed by atoms with Crippen LogP contribution in [-0.2, 0) is 11.2 Å². The van der Waals surface area contributed by atoms with Crippen LogP contribution in [0.3, 0.4) is 0 Å². The standard InChI is InChI=1S/C23H27Cl2F2N3O/c1-29(2)9-3-8-28-18-12-19(24)23(20(25)13-18)30-14-15(4-7-22(30)31)10-16-5-6-17(26)11-21(16)27/h5-6,11-13,15,28H,3-4,7-10,14H2,1-2H3. The summed E-state index contributed by atoms with van der Waals surface area (Å²) < 4.78 is 27.3. The van der Waals surface area contributed by atoms with Gasteiger partial charge in [0.15, 0.2) is 0 Å². The number of nitrogens with zero attached hydrogens (tertiary/aromatic N) is 2. The third-order valence-electron chi connectivity index (χ3n) is 5.43. The van der Waals surface area contributed by atoms with Gasteiger partial charge in [-0.2, -0.15) is 0 Å². The van der Waals surface area contributed by atoms with Gasteiger partial charge in [-0.3, -0.25) is 4.79 Å². The zero-order chi connectivity index (χ0) is 22.5. The van der Waals surface area contributed by atoms with Crippen molar-refractivity contribution in [3.63, 3.8) is 0 Å². The van der Waals surface area contributed by atoms with Gasteiger partial charge < -0.3 is 15.1 Å². The monoisotopic (exact) mass is 469 g/mol. The predicted molar refractivity (Wildman–Crippen MR) is 123 cm³/mol. The van der Waals surface area contributed by atoms with E-state index in [1.165, 1.54) is 12.1 Å². The summed E-state index contributed by atoms with van der Waals surface area (Å²) in [5, 5.41) is 4.09. The van der Waals surface area contributed by atoms with Crippen LogP contribution >= 0.6 is 23.2 Å². The number of amides is 1. The summed E-state index contributed by atoms with van der Waals surface area (Å²) in [4.78, 5) is 16.3. The molecule has 0 spiro atoms. The second-order valence-electron chi connectivity index (χ2n) is 8.22. The average molecular weight is 470 g/mol. The normalized spacial score (nSPS) is 16.8. The Morgan fingerprint density at radius 2 is 1.87 bits per heavy atom. The molecule has 0 aromatic heterocycles. The molecule has 8 heteroatoms. The third-order valence-corrected chi connectivity index (χ3v) is 6.01. The zero-order valence-corrected chi connectivity index (χ0v) is 19.2. The first kappa shape index (κ1) is 23.8. The van der Waals surface area contributed by atoms with Crippen LogP contribution in [0.1, 0.15) is 24.8 Å². The van der Waals surface area contributed by atoms with Crippen molar-refractivity contribution < 1.29 is 13.6 Å². The lowest BCUT2D eigenvalue weighted by Crippen LogP contribution is -2.41. The lowest BCUT2D eigenvalue weighted by Gasteiger charge is -2.34. The second-order valence-corrected chi connectivity index (χ2v) is 9.04. The molecule has 31 heavy (non-hydrogen) atoms. The van der Waals surface area contributed by atoms with Crippen LogP contribution in [0.2, 0.25) is 10.0 Å². The van der Waals surface area contributed by atoms with Gasteiger partial charge in [0.1, 0.15) is 11.6 Å². The maximum Gasteiger partial charge on any atom is 0.227 e. The van der Waals surface area contributed by atoms with E-state index < -0.39 is 11.6 Å². The highest BCUT2D eigenvalue weighted by Gasteiger charge is 2.30. The van der Waals surface area contributed by atoms with Crippen LogP contribution in [0.15, 0.2) is 30.3 Å². The maximum atomic E-state index is 14.1. The van der Waals surface area contributed by atoms with Crippen molar-refractivity contribution in [1.82, 2.24) is 4.90 Å². The summed E-state index contributed by atoms with van der Waals surface area (Å²) in [5.74, 6) is -1.21. The Morgan fingerprint density at radius 1 is 1.16 bits per heavy atom. The van der Waals surface area contributed by atoms with Crippen molar-refractivity contribution >= 4 is 40.5 Å². The fourth-order valence-electron chi connectivity index (χ4n) is 3.85. The molecular formula is C23H27Cl2F2N3O. The van der Waals surface area contributed by atoms with Gasteiger partial charge in [-0.05, 0) is 69.6 Å². The molecule has 1 aliphatic rings. The Balaban J connectivity index is 1.71. The minimum absolute atomic E-state index is 0.0219. The van der Waals surface area contributed by atoms with Gasteiger partial charge in [-0.15, -0.1) is 0 Å². The van der Waals surface area contributed by atoms with Crippen LogP contribution in [0.5, 0.6) is 0 Å². The largest absolute Gasteiger partial charge is 0.385 e. The highest BCUT2D eigenvalue weighted by molar-refractivity contribution is 6.40. The first-order valence-corrected chi connectivity index (χ1v) is 11.1. The molecule has 1 amide bonds. The molecule has 0 bridgehead atoms. The summed E-state index contributed by atoms with van der Waals surface area (Å²) in [6, 6.07) is 7.15. The van der Waals surface area contributed by atoms with E-state index in [9.17, 15) is 13.6 Å². The van der Waals surface area contributed by atoms with Gasteiger partial charge >= 0.3 is 0 Å².